The van der Waals surface area contributed by atoms with Gasteiger partial charge in [-0.2, -0.15) is 0 Å². The van der Waals surface area contributed by atoms with Crippen LogP contribution in [0.15, 0.2) is 24.3 Å². The molecule has 3 nitrogen and oxygen atoms in total. The fraction of sp³-hybridized carbons (Fsp3) is 0.588. The van der Waals surface area contributed by atoms with Crippen LogP contribution in [0.25, 0.3) is 0 Å². The first-order chi connectivity index (χ1) is 9.41. The summed E-state index contributed by atoms with van der Waals surface area (Å²) >= 11 is 0. The minimum atomic E-state index is -0.736. The molecular weight excluding hydrogens is 250 g/mol. The Labute approximate surface area is 122 Å². The number of hydrogen-bond donors (Lipinski definition) is 1. The summed E-state index contributed by atoms with van der Waals surface area (Å²) in [7, 11) is 0. The first-order valence-corrected chi connectivity index (χ1v) is 7.46. The van der Waals surface area contributed by atoms with Crippen LogP contribution in [0.4, 0.5) is 5.69 Å². The number of aryl methyl sites for hydroxylation is 1. The van der Waals surface area contributed by atoms with Crippen LogP contribution in [0, 0.1) is 12.8 Å². The number of anilines is 1. The van der Waals surface area contributed by atoms with Gasteiger partial charge in [-0.25, -0.2) is 0 Å². The third kappa shape index (κ3) is 5.24. The molecule has 1 unspecified atom stereocenters. The maximum absolute atomic E-state index is 10.9. The summed E-state index contributed by atoms with van der Waals surface area (Å²) in [5.74, 6) is -0.0599. The molecule has 0 spiro atoms. The second kappa shape index (κ2) is 7.93. The molecule has 0 heterocycles. The quantitative estimate of drug-likeness (QED) is 0.777. The number of benzene rings is 1. The van der Waals surface area contributed by atoms with Gasteiger partial charge in [0.15, 0.2) is 0 Å². The molecule has 3 heteroatoms. The van der Waals surface area contributed by atoms with Crippen molar-refractivity contribution in [3.8, 4) is 0 Å². The van der Waals surface area contributed by atoms with Gasteiger partial charge in [0.2, 0.25) is 0 Å². The van der Waals surface area contributed by atoms with Crippen molar-refractivity contribution < 1.29 is 9.90 Å². The second-order valence-electron chi connectivity index (χ2n) is 5.94. The van der Waals surface area contributed by atoms with E-state index in [4.69, 9.17) is 5.11 Å². The van der Waals surface area contributed by atoms with Crippen LogP contribution in [0.2, 0.25) is 0 Å². The van der Waals surface area contributed by atoms with Crippen molar-refractivity contribution >= 4 is 11.7 Å². The first-order valence-electron chi connectivity index (χ1n) is 7.46. The van der Waals surface area contributed by atoms with E-state index in [0.717, 1.165) is 18.5 Å². The summed E-state index contributed by atoms with van der Waals surface area (Å²) in [4.78, 5) is 13.1. The lowest BCUT2D eigenvalue weighted by molar-refractivity contribution is -0.136. The minimum absolute atomic E-state index is 0.181. The standard InChI is InChI=1S/C17H27NO2/c1-13(2)9-10-15(4)18(12-11-17(19)20)16-8-6-5-7-14(16)3/h5-8,13,15H,9-12H2,1-4H3,(H,19,20). The van der Waals surface area contributed by atoms with E-state index in [-0.39, 0.29) is 6.42 Å². The Balaban J connectivity index is 2.84. The van der Waals surface area contributed by atoms with Crippen molar-refractivity contribution in [1.29, 1.82) is 0 Å². The van der Waals surface area contributed by atoms with Gasteiger partial charge in [-0.15, -0.1) is 0 Å². The maximum atomic E-state index is 10.9. The van der Waals surface area contributed by atoms with Crippen molar-refractivity contribution in [2.75, 3.05) is 11.4 Å². The number of hydrogen-bond acceptors (Lipinski definition) is 2. The third-order valence-corrected chi connectivity index (χ3v) is 3.69. The van der Waals surface area contributed by atoms with E-state index in [9.17, 15) is 4.79 Å². The zero-order chi connectivity index (χ0) is 15.1. The van der Waals surface area contributed by atoms with Crippen molar-refractivity contribution in [3.05, 3.63) is 29.8 Å². The average Bonchev–Trinajstić information content (AvgIpc) is 2.38. The highest BCUT2D eigenvalue weighted by Gasteiger charge is 2.17. The molecule has 0 aliphatic rings. The Hall–Kier alpha value is -1.51. The lowest BCUT2D eigenvalue weighted by atomic mass is 10.0. The summed E-state index contributed by atoms with van der Waals surface area (Å²) in [6.07, 6.45) is 2.43. The number of rotatable bonds is 8. The SMILES string of the molecule is Cc1ccccc1N(CCC(=O)O)C(C)CCC(C)C. The van der Waals surface area contributed by atoms with Crippen molar-refractivity contribution in [1.82, 2.24) is 0 Å². The monoisotopic (exact) mass is 277 g/mol. The molecular formula is C17H27NO2. The predicted octanol–water partition coefficient (Wildman–Crippen LogP) is 4.10. The Bertz CT molecular complexity index is 429. The number of carboxylic acid groups (broad SMARTS) is 1. The Morgan fingerprint density at radius 3 is 2.40 bits per heavy atom. The highest BCUT2D eigenvalue weighted by molar-refractivity contribution is 5.68. The van der Waals surface area contributed by atoms with E-state index in [2.05, 4.69) is 44.7 Å². The molecule has 1 N–H and O–H groups in total. The van der Waals surface area contributed by atoms with Crippen LogP contribution in [0.1, 0.15) is 45.6 Å². The molecule has 1 aromatic carbocycles. The number of para-hydroxylation sites is 1. The molecule has 0 fully saturated rings. The molecule has 0 amide bonds. The van der Waals surface area contributed by atoms with Gasteiger partial charge in [0.25, 0.3) is 0 Å². The van der Waals surface area contributed by atoms with Gasteiger partial charge >= 0.3 is 5.97 Å². The van der Waals surface area contributed by atoms with Gasteiger partial charge in [0, 0.05) is 18.3 Å². The topological polar surface area (TPSA) is 40.5 Å². The molecule has 1 atom stereocenters. The number of carboxylic acids is 1. The summed E-state index contributed by atoms with van der Waals surface area (Å²) in [5, 5.41) is 8.95. The van der Waals surface area contributed by atoms with Crippen LogP contribution in [0.3, 0.4) is 0 Å². The van der Waals surface area contributed by atoms with E-state index in [1.807, 2.05) is 12.1 Å². The number of nitrogens with zero attached hydrogens (tertiary/aromatic N) is 1. The minimum Gasteiger partial charge on any atom is -0.481 e. The van der Waals surface area contributed by atoms with Gasteiger partial charge in [-0.1, -0.05) is 32.0 Å². The van der Waals surface area contributed by atoms with Crippen LogP contribution in [-0.2, 0) is 4.79 Å². The van der Waals surface area contributed by atoms with E-state index in [1.165, 1.54) is 5.56 Å². The molecule has 112 valence electrons. The van der Waals surface area contributed by atoms with Crippen molar-refractivity contribution in [2.24, 2.45) is 5.92 Å². The Morgan fingerprint density at radius 1 is 1.20 bits per heavy atom. The van der Waals surface area contributed by atoms with Gasteiger partial charge < -0.3 is 10.0 Å². The molecule has 0 saturated carbocycles. The fourth-order valence-corrected chi connectivity index (χ4v) is 2.41. The van der Waals surface area contributed by atoms with Gasteiger partial charge in [0.05, 0.1) is 6.42 Å². The number of carbonyl (C=O) groups is 1. The second-order valence-corrected chi connectivity index (χ2v) is 5.94. The highest BCUT2D eigenvalue weighted by atomic mass is 16.4. The summed E-state index contributed by atoms with van der Waals surface area (Å²) < 4.78 is 0. The Morgan fingerprint density at radius 2 is 1.85 bits per heavy atom. The molecule has 1 aromatic rings. The lowest BCUT2D eigenvalue weighted by Crippen LogP contribution is -2.35. The molecule has 20 heavy (non-hydrogen) atoms. The highest BCUT2D eigenvalue weighted by Crippen LogP contribution is 2.24. The van der Waals surface area contributed by atoms with Gasteiger partial charge in [-0.3, -0.25) is 4.79 Å². The third-order valence-electron chi connectivity index (χ3n) is 3.69. The van der Waals surface area contributed by atoms with Crippen LogP contribution >= 0.6 is 0 Å². The van der Waals surface area contributed by atoms with E-state index in [0.29, 0.717) is 18.5 Å². The van der Waals surface area contributed by atoms with E-state index < -0.39 is 5.97 Å². The largest absolute Gasteiger partial charge is 0.481 e. The molecule has 0 bridgehead atoms. The van der Waals surface area contributed by atoms with E-state index >= 15 is 0 Å². The van der Waals surface area contributed by atoms with Crippen molar-refractivity contribution in [2.45, 2.75) is 53.0 Å². The summed E-state index contributed by atoms with van der Waals surface area (Å²) in [5.41, 5.74) is 2.36. The van der Waals surface area contributed by atoms with E-state index in [1.54, 1.807) is 0 Å². The van der Waals surface area contributed by atoms with Crippen LogP contribution < -0.4 is 4.90 Å². The molecule has 0 radical (unpaired) electrons. The van der Waals surface area contributed by atoms with Crippen LogP contribution in [0.5, 0.6) is 0 Å². The predicted molar refractivity (Wildman–Crippen MR) is 84.3 cm³/mol. The van der Waals surface area contributed by atoms with Gasteiger partial charge in [0.1, 0.15) is 0 Å². The summed E-state index contributed by atoms with van der Waals surface area (Å²) in [6.45, 7) is 9.29. The smallest absolute Gasteiger partial charge is 0.305 e. The zero-order valence-corrected chi connectivity index (χ0v) is 13.1. The normalized spacial score (nSPS) is 12.4. The maximum Gasteiger partial charge on any atom is 0.305 e. The van der Waals surface area contributed by atoms with Crippen molar-refractivity contribution in [3.63, 3.8) is 0 Å². The molecule has 0 aromatic heterocycles. The number of aliphatic carboxylic acids is 1. The van der Waals surface area contributed by atoms with Crippen LogP contribution in [-0.4, -0.2) is 23.7 Å². The van der Waals surface area contributed by atoms with Gasteiger partial charge in [-0.05, 0) is 44.2 Å². The zero-order valence-electron chi connectivity index (χ0n) is 13.1. The molecule has 1 rings (SSSR count). The molecule has 0 aliphatic carbocycles. The Kier molecular flexibility index (Phi) is 6.56. The first kappa shape index (κ1) is 16.5. The molecule has 0 aliphatic heterocycles. The average molecular weight is 277 g/mol. The fourth-order valence-electron chi connectivity index (χ4n) is 2.41. The molecule has 0 saturated heterocycles. The summed E-state index contributed by atoms with van der Waals surface area (Å²) in [6, 6.07) is 8.57. The lowest BCUT2D eigenvalue weighted by Gasteiger charge is -2.32.